The minimum absolute atomic E-state index is 0.0378. The van der Waals surface area contributed by atoms with Crippen LogP contribution in [0.3, 0.4) is 0 Å². The van der Waals surface area contributed by atoms with E-state index in [1.165, 1.54) is 17.7 Å². The van der Waals surface area contributed by atoms with E-state index in [4.69, 9.17) is 5.73 Å². The number of anilines is 1. The maximum absolute atomic E-state index is 13.3. The van der Waals surface area contributed by atoms with Gasteiger partial charge in [0.05, 0.1) is 5.69 Å². The van der Waals surface area contributed by atoms with Crippen molar-refractivity contribution >= 4 is 11.6 Å². The summed E-state index contributed by atoms with van der Waals surface area (Å²) in [5.74, 6) is -0.419. The summed E-state index contributed by atoms with van der Waals surface area (Å²) in [7, 11) is 0. The Bertz CT molecular complexity index is 636. The maximum Gasteiger partial charge on any atom is 0.251 e. The Labute approximate surface area is 124 Å². The molecular formula is C17H19FN2O. The van der Waals surface area contributed by atoms with Crippen LogP contribution in [-0.2, 0) is 6.54 Å². The Balaban J connectivity index is 1.98. The van der Waals surface area contributed by atoms with Gasteiger partial charge < -0.3 is 11.1 Å². The van der Waals surface area contributed by atoms with Crippen molar-refractivity contribution in [1.82, 2.24) is 5.32 Å². The lowest BCUT2D eigenvalue weighted by Gasteiger charge is -2.08. The standard InChI is InChI=1S/C17H19FN2O/c1-11(2)13-5-3-12(4-6-13)10-20-17(21)14-7-8-16(19)15(18)9-14/h3-9,11H,10,19H2,1-2H3,(H,20,21). The number of rotatable bonds is 4. The molecule has 0 spiro atoms. The molecule has 2 aromatic carbocycles. The number of nitrogens with two attached hydrogens (primary N) is 1. The van der Waals surface area contributed by atoms with E-state index in [1.807, 2.05) is 12.1 Å². The molecule has 1 amide bonds. The van der Waals surface area contributed by atoms with Crippen molar-refractivity contribution in [3.05, 3.63) is 65.0 Å². The van der Waals surface area contributed by atoms with Crippen LogP contribution in [0.2, 0.25) is 0 Å². The van der Waals surface area contributed by atoms with E-state index in [2.05, 4.69) is 31.3 Å². The summed E-state index contributed by atoms with van der Waals surface area (Å²) in [6.45, 7) is 4.67. The van der Waals surface area contributed by atoms with E-state index >= 15 is 0 Å². The number of amides is 1. The zero-order valence-electron chi connectivity index (χ0n) is 12.2. The van der Waals surface area contributed by atoms with Gasteiger partial charge >= 0.3 is 0 Å². The Kier molecular flexibility index (Phi) is 4.58. The number of hydrogen-bond acceptors (Lipinski definition) is 2. The topological polar surface area (TPSA) is 55.1 Å². The lowest BCUT2D eigenvalue weighted by molar-refractivity contribution is 0.0950. The molecule has 21 heavy (non-hydrogen) atoms. The second kappa shape index (κ2) is 6.39. The summed E-state index contributed by atoms with van der Waals surface area (Å²) < 4.78 is 13.3. The van der Waals surface area contributed by atoms with Crippen LogP contribution in [0.1, 0.15) is 41.3 Å². The zero-order chi connectivity index (χ0) is 15.4. The SMILES string of the molecule is CC(C)c1ccc(CNC(=O)c2ccc(N)c(F)c2)cc1. The van der Waals surface area contributed by atoms with Crippen LogP contribution in [-0.4, -0.2) is 5.91 Å². The number of nitrogens with one attached hydrogen (secondary N) is 1. The second-order valence-corrected chi connectivity index (χ2v) is 5.32. The van der Waals surface area contributed by atoms with Crippen molar-refractivity contribution in [2.75, 3.05) is 5.73 Å². The summed E-state index contributed by atoms with van der Waals surface area (Å²) in [6.07, 6.45) is 0. The van der Waals surface area contributed by atoms with E-state index in [0.29, 0.717) is 12.5 Å². The summed E-state index contributed by atoms with van der Waals surface area (Å²) in [5, 5.41) is 2.76. The molecule has 2 rings (SSSR count). The molecule has 3 N–H and O–H groups in total. The van der Waals surface area contributed by atoms with Crippen LogP contribution in [0.4, 0.5) is 10.1 Å². The van der Waals surface area contributed by atoms with Crippen molar-refractivity contribution in [2.24, 2.45) is 0 Å². The van der Waals surface area contributed by atoms with E-state index in [0.717, 1.165) is 11.6 Å². The summed E-state index contributed by atoms with van der Waals surface area (Å²) in [5.41, 5.74) is 7.95. The van der Waals surface area contributed by atoms with Crippen LogP contribution in [0.5, 0.6) is 0 Å². The molecule has 0 aliphatic carbocycles. The van der Waals surface area contributed by atoms with Crippen LogP contribution in [0, 0.1) is 5.82 Å². The Morgan fingerprint density at radius 2 is 1.86 bits per heavy atom. The lowest BCUT2D eigenvalue weighted by atomic mass is 10.0. The van der Waals surface area contributed by atoms with Crippen LogP contribution < -0.4 is 11.1 Å². The average molecular weight is 286 g/mol. The monoisotopic (exact) mass is 286 g/mol. The molecule has 0 heterocycles. The predicted octanol–water partition coefficient (Wildman–Crippen LogP) is 3.46. The van der Waals surface area contributed by atoms with Gasteiger partial charge in [0.15, 0.2) is 0 Å². The van der Waals surface area contributed by atoms with Crippen LogP contribution >= 0.6 is 0 Å². The molecule has 3 nitrogen and oxygen atoms in total. The van der Waals surface area contributed by atoms with Crippen molar-refractivity contribution in [3.63, 3.8) is 0 Å². The Hall–Kier alpha value is -2.36. The van der Waals surface area contributed by atoms with Gasteiger partial charge in [0.1, 0.15) is 5.82 Å². The van der Waals surface area contributed by atoms with Crippen molar-refractivity contribution in [2.45, 2.75) is 26.3 Å². The molecule has 0 aliphatic rings. The normalized spacial score (nSPS) is 10.7. The zero-order valence-corrected chi connectivity index (χ0v) is 12.2. The Morgan fingerprint density at radius 1 is 1.19 bits per heavy atom. The molecular weight excluding hydrogens is 267 g/mol. The van der Waals surface area contributed by atoms with E-state index < -0.39 is 5.82 Å². The third-order valence-electron chi connectivity index (χ3n) is 3.36. The number of nitrogen functional groups attached to an aromatic ring is 1. The van der Waals surface area contributed by atoms with Crippen molar-refractivity contribution < 1.29 is 9.18 Å². The number of carbonyl (C=O) groups is 1. The molecule has 110 valence electrons. The molecule has 0 saturated carbocycles. The van der Waals surface area contributed by atoms with E-state index in [-0.39, 0.29) is 17.2 Å². The van der Waals surface area contributed by atoms with Crippen LogP contribution in [0.25, 0.3) is 0 Å². The largest absolute Gasteiger partial charge is 0.396 e. The van der Waals surface area contributed by atoms with Gasteiger partial charge in [-0.05, 0) is 35.2 Å². The second-order valence-electron chi connectivity index (χ2n) is 5.32. The highest BCUT2D eigenvalue weighted by atomic mass is 19.1. The summed E-state index contributed by atoms with van der Waals surface area (Å²) >= 11 is 0. The van der Waals surface area contributed by atoms with Gasteiger partial charge in [-0.2, -0.15) is 0 Å². The highest BCUT2D eigenvalue weighted by Crippen LogP contribution is 2.15. The smallest absolute Gasteiger partial charge is 0.251 e. The van der Waals surface area contributed by atoms with Gasteiger partial charge in [-0.3, -0.25) is 4.79 Å². The molecule has 0 atom stereocenters. The molecule has 0 unspecified atom stereocenters. The van der Waals surface area contributed by atoms with Gasteiger partial charge in [-0.25, -0.2) is 4.39 Å². The van der Waals surface area contributed by atoms with Gasteiger partial charge in [0.2, 0.25) is 0 Å². The highest BCUT2D eigenvalue weighted by Gasteiger charge is 2.08. The summed E-state index contributed by atoms with van der Waals surface area (Å²) in [6, 6.07) is 12.1. The van der Waals surface area contributed by atoms with E-state index in [1.54, 1.807) is 0 Å². The molecule has 0 radical (unpaired) electrons. The first-order valence-electron chi connectivity index (χ1n) is 6.89. The number of hydrogen-bond donors (Lipinski definition) is 2. The van der Waals surface area contributed by atoms with Crippen molar-refractivity contribution in [3.8, 4) is 0 Å². The van der Waals surface area contributed by atoms with Crippen LogP contribution in [0.15, 0.2) is 42.5 Å². The minimum Gasteiger partial charge on any atom is -0.396 e. The fourth-order valence-corrected chi connectivity index (χ4v) is 1.97. The third kappa shape index (κ3) is 3.81. The number of carbonyl (C=O) groups excluding carboxylic acids is 1. The molecule has 0 bridgehead atoms. The first kappa shape index (κ1) is 15.0. The molecule has 4 heteroatoms. The number of benzene rings is 2. The maximum atomic E-state index is 13.3. The molecule has 0 fully saturated rings. The minimum atomic E-state index is -0.580. The highest BCUT2D eigenvalue weighted by molar-refractivity contribution is 5.94. The molecule has 0 saturated heterocycles. The quantitative estimate of drug-likeness (QED) is 0.846. The fraction of sp³-hybridized carbons (Fsp3) is 0.235. The first-order chi connectivity index (χ1) is 9.97. The predicted molar refractivity (Wildman–Crippen MR) is 82.5 cm³/mol. The van der Waals surface area contributed by atoms with E-state index in [9.17, 15) is 9.18 Å². The fourth-order valence-electron chi connectivity index (χ4n) is 1.97. The number of halogens is 1. The van der Waals surface area contributed by atoms with Crippen molar-refractivity contribution in [1.29, 1.82) is 0 Å². The molecule has 0 aromatic heterocycles. The van der Waals surface area contributed by atoms with Gasteiger partial charge in [0.25, 0.3) is 5.91 Å². The third-order valence-corrected chi connectivity index (χ3v) is 3.36. The van der Waals surface area contributed by atoms with Gasteiger partial charge in [-0.15, -0.1) is 0 Å². The summed E-state index contributed by atoms with van der Waals surface area (Å²) in [4.78, 5) is 11.9. The van der Waals surface area contributed by atoms with Gasteiger partial charge in [-0.1, -0.05) is 38.1 Å². The molecule has 2 aromatic rings. The Morgan fingerprint density at radius 3 is 2.43 bits per heavy atom. The average Bonchev–Trinajstić information content (AvgIpc) is 2.48. The first-order valence-corrected chi connectivity index (χ1v) is 6.89. The lowest BCUT2D eigenvalue weighted by Crippen LogP contribution is -2.23. The van der Waals surface area contributed by atoms with Gasteiger partial charge in [0, 0.05) is 12.1 Å². The molecule has 0 aliphatic heterocycles.